The number of alkyl halides is 3. The maximum atomic E-state index is 12.9. The van der Waals surface area contributed by atoms with E-state index in [4.69, 9.17) is 4.74 Å². The number of nitrogens with one attached hydrogen (secondary N) is 2. The van der Waals surface area contributed by atoms with Gasteiger partial charge in [0.2, 0.25) is 0 Å². The van der Waals surface area contributed by atoms with Gasteiger partial charge in [0.1, 0.15) is 0 Å². The van der Waals surface area contributed by atoms with E-state index in [0.717, 1.165) is 18.7 Å². The second-order valence-corrected chi connectivity index (χ2v) is 6.07. The van der Waals surface area contributed by atoms with Gasteiger partial charge in [-0.15, -0.1) is 0 Å². The van der Waals surface area contributed by atoms with Crippen molar-refractivity contribution in [2.45, 2.75) is 12.3 Å². The van der Waals surface area contributed by atoms with Gasteiger partial charge in [0.25, 0.3) is 5.91 Å². The Morgan fingerprint density at radius 1 is 1.15 bits per heavy atom. The molecule has 1 saturated heterocycles. The molecule has 0 aliphatic carbocycles. The molecule has 0 spiro atoms. The summed E-state index contributed by atoms with van der Waals surface area (Å²) in [4.78, 5) is 12.3. The predicted octanol–water partition coefficient (Wildman–Crippen LogP) is 3.09. The van der Waals surface area contributed by atoms with Gasteiger partial charge in [0.15, 0.2) is 0 Å². The first-order valence-corrected chi connectivity index (χ1v) is 8.32. The number of carbonyl (C=O) groups excluding carboxylic acids is 1. The van der Waals surface area contributed by atoms with Crippen molar-refractivity contribution in [3.8, 4) is 11.1 Å². The van der Waals surface area contributed by atoms with Crippen molar-refractivity contribution >= 4 is 5.91 Å². The number of ether oxygens (including phenoxy) is 1. The molecule has 1 amide bonds. The maximum absolute atomic E-state index is 12.9. The maximum Gasteiger partial charge on any atom is 0.416 e. The molecule has 2 aromatic carbocycles. The SMILES string of the molecule is O=C(NC[C@H]1CNCCO1)c1cccc(-c2cccc(C(F)(F)F)c2)c1. The number of hydrogen-bond acceptors (Lipinski definition) is 3. The summed E-state index contributed by atoms with van der Waals surface area (Å²) in [5, 5.41) is 5.98. The van der Waals surface area contributed by atoms with Gasteiger partial charge in [0.05, 0.1) is 18.3 Å². The van der Waals surface area contributed by atoms with Crippen LogP contribution >= 0.6 is 0 Å². The fourth-order valence-corrected chi connectivity index (χ4v) is 2.77. The summed E-state index contributed by atoms with van der Waals surface area (Å²) in [5.74, 6) is -0.284. The molecule has 7 heteroatoms. The Morgan fingerprint density at radius 3 is 2.58 bits per heavy atom. The molecule has 0 unspecified atom stereocenters. The summed E-state index contributed by atoms with van der Waals surface area (Å²) < 4.78 is 44.2. The molecule has 138 valence electrons. The first kappa shape index (κ1) is 18.4. The highest BCUT2D eigenvalue weighted by Crippen LogP contribution is 2.32. The van der Waals surface area contributed by atoms with Crippen LogP contribution in [0.4, 0.5) is 13.2 Å². The number of halogens is 3. The smallest absolute Gasteiger partial charge is 0.374 e. The van der Waals surface area contributed by atoms with E-state index in [1.807, 2.05) is 0 Å². The molecule has 1 fully saturated rings. The summed E-state index contributed by atoms with van der Waals surface area (Å²) in [5.41, 5.74) is 0.643. The summed E-state index contributed by atoms with van der Waals surface area (Å²) in [6.45, 7) is 2.44. The Morgan fingerprint density at radius 2 is 1.88 bits per heavy atom. The molecule has 4 nitrogen and oxygen atoms in total. The molecule has 1 atom stereocenters. The average Bonchev–Trinajstić information content (AvgIpc) is 2.66. The lowest BCUT2D eigenvalue weighted by atomic mass is 10.0. The molecule has 2 N–H and O–H groups in total. The van der Waals surface area contributed by atoms with Crippen molar-refractivity contribution in [3.05, 3.63) is 59.7 Å². The molecule has 0 bridgehead atoms. The minimum Gasteiger partial charge on any atom is -0.374 e. The second-order valence-electron chi connectivity index (χ2n) is 6.07. The summed E-state index contributed by atoms with van der Waals surface area (Å²) in [7, 11) is 0. The lowest BCUT2D eigenvalue weighted by molar-refractivity contribution is -0.137. The number of hydrogen-bond donors (Lipinski definition) is 2. The van der Waals surface area contributed by atoms with Crippen LogP contribution in [-0.2, 0) is 10.9 Å². The molecule has 0 aromatic heterocycles. The minimum absolute atomic E-state index is 0.0839. The van der Waals surface area contributed by atoms with Crippen LogP contribution in [0.15, 0.2) is 48.5 Å². The molecule has 1 aliphatic heterocycles. The third kappa shape index (κ3) is 4.62. The van der Waals surface area contributed by atoms with E-state index < -0.39 is 11.7 Å². The Kier molecular flexibility index (Phi) is 5.58. The molecule has 2 aromatic rings. The molecule has 1 heterocycles. The van der Waals surface area contributed by atoms with Gasteiger partial charge in [-0.1, -0.05) is 24.3 Å². The van der Waals surface area contributed by atoms with E-state index in [1.54, 1.807) is 30.3 Å². The zero-order valence-corrected chi connectivity index (χ0v) is 14.0. The first-order chi connectivity index (χ1) is 12.4. The van der Waals surface area contributed by atoms with Crippen LogP contribution in [0, 0.1) is 0 Å². The zero-order valence-electron chi connectivity index (χ0n) is 14.0. The molecule has 3 rings (SSSR count). The molecule has 0 radical (unpaired) electrons. The molecule has 0 saturated carbocycles. The van der Waals surface area contributed by atoms with Crippen molar-refractivity contribution in [2.75, 3.05) is 26.2 Å². The number of benzene rings is 2. The van der Waals surface area contributed by atoms with Crippen molar-refractivity contribution in [1.82, 2.24) is 10.6 Å². The van der Waals surface area contributed by atoms with Crippen molar-refractivity contribution in [3.63, 3.8) is 0 Å². The van der Waals surface area contributed by atoms with Gasteiger partial charge in [0, 0.05) is 25.2 Å². The third-order valence-electron chi connectivity index (χ3n) is 4.14. The van der Waals surface area contributed by atoms with Crippen LogP contribution in [0.25, 0.3) is 11.1 Å². The van der Waals surface area contributed by atoms with Crippen molar-refractivity contribution in [1.29, 1.82) is 0 Å². The Labute approximate surface area is 149 Å². The van der Waals surface area contributed by atoms with Gasteiger partial charge in [-0.25, -0.2) is 0 Å². The highest BCUT2D eigenvalue weighted by molar-refractivity contribution is 5.95. The normalized spacial score (nSPS) is 17.7. The number of rotatable bonds is 4. The number of morpholine rings is 1. The fourth-order valence-electron chi connectivity index (χ4n) is 2.77. The summed E-state index contributed by atoms with van der Waals surface area (Å²) >= 11 is 0. The van der Waals surface area contributed by atoms with Crippen molar-refractivity contribution in [2.24, 2.45) is 0 Å². The van der Waals surface area contributed by atoms with E-state index in [-0.39, 0.29) is 12.0 Å². The monoisotopic (exact) mass is 364 g/mol. The van der Waals surface area contributed by atoms with Gasteiger partial charge in [-0.3, -0.25) is 4.79 Å². The van der Waals surface area contributed by atoms with Gasteiger partial charge >= 0.3 is 6.18 Å². The van der Waals surface area contributed by atoms with Gasteiger partial charge in [-0.2, -0.15) is 13.2 Å². The Balaban J connectivity index is 1.72. The molecule has 1 aliphatic rings. The Bertz CT molecular complexity index is 771. The van der Waals surface area contributed by atoms with Crippen molar-refractivity contribution < 1.29 is 22.7 Å². The standard InChI is InChI=1S/C19H19F3N2O2/c20-19(21,22)16-6-2-4-14(10-16)13-3-1-5-15(9-13)18(25)24-12-17-11-23-7-8-26-17/h1-6,9-10,17,23H,7-8,11-12H2,(H,24,25)/t17-/m1/s1. The van der Waals surface area contributed by atoms with Gasteiger partial charge < -0.3 is 15.4 Å². The average molecular weight is 364 g/mol. The van der Waals surface area contributed by atoms with E-state index in [1.165, 1.54) is 6.07 Å². The highest BCUT2D eigenvalue weighted by atomic mass is 19.4. The zero-order chi connectivity index (χ0) is 18.6. The topological polar surface area (TPSA) is 50.4 Å². The van der Waals surface area contributed by atoms with Crippen LogP contribution in [0.1, 0.15) is 15.9 Å². The molecular weight excluding hydrogens is 345 g/mol. The van der Waals surface area contributed by atoms with Gasteiger partial charge in [-0.05, 0) is 35.4 Å². The minimum atomic E-state index is -4.40. The summed E-state index contributed by atoms with van der Waals surface area (Å²) in [6.07, 6.45) is -4.49. The number of carbonyl (C=O) groups is 1. The number of amides is 1. The van der Waals surface area contributed by atoms with Crippen LogP contribution in [0.5, 0.6) is 0 Å². The van der Waals surface area contributed by atoms with Crippen LogP contribution in [-0.4, -0.2) is 38.3 Å². The van der Waals surface area contributed by atoms with E-state index in [0.29, 0.717) is 36.4 Å². The van der Waals surface area contributed by atoms with E-state index in [2.05, 4.69) is 10.6 Å². The highest BCUT2D eigenvalue weighted by Gasteiger charge is 2.30. The summed E-state index contributed by atoms with van der Waals surface area (Å²) in [6, 6.07) is 11.6. The third-order valence-corrected chi connectivity index (χ3v) is 4.14. The fraction of sp³-hybridized carbons (Fsp3) is 0.316. The first-order valence-electron chi connectivity index (χ1n) is 8.32. The second kappa shape index (κ2) is 7.88. The van der Waals surface area contributed by atoms with E-state index in [9.17, 15) is 18.0 Å². The Hall–Kier alpha value is -2.38. The lowest BCUT2D eigenvalue weighted by Gasteiger charge is -2.23. The van der Waals surface area contributed by atoms with Crippen LogP contribution in [0.2, 0.25) is 0 Å². The lowest BCUT2D eigenvalue weighted by Crippen LogP contribution is -2.45. The van der Waals surface area contributed by atoms with Crippen LogP contribution in [0.3, 0.4) is 0 Å². The molecular formula is C19H19F3N2O2. The largest absolute Gasteiger partial charge is 0.416 e. The predicted molar refractivity (Wildman–Crippen MR) is 91.8 cm³/mol. The molecule has 26 heavy (non-hydrogen) atoms. The quantitative estimate of drug-likeness (QED) is 0.877. The van der Waals surface area contributed by atoms with Crippen LogP contribution < -0.4 is 10.6 Å². The van der Waals surface area contributed by atoms with E-state index >= 15 is 0 Å².